The summed E-state index contributed by atoms with van der Waals surface area (Å²) in [6.07, 6.45) is 1.68. The van der Waals surface area contributed by atoms with Gasteiger partial charge in [-0.1, -0.05) is 0 Å². The Labute approximate surface area is 102 Å². The number of carbonyl (C=O) groups is 1. The summed E-state index contributed by atoms with van der Waals surface area (Å²) in [5, 5.41) is 14.3. The molecule has 0 aromatic carbocycles. The fourth-order valence-corrected chi connectivity index (χ4v) is 1.25. The van der Waals surface area contributed by atoms with Gasteiger partial charge < -0.3 is 15.7 Å². The van der Waals surface area contributed by atoms with Gasteiger partial charge in [0.25, 0.3) is 0 Å². The second-order valence-corrected chi connectivity index (χ2v) is 4.20. The van der Waals surface area contributed by atoms with Gasteiger partial charge in [-0.25, -0.2) is 9.78 Å². The van der Waals surface area contributed by atoms with Crippen LogP contribution in [0.1, 0.15) is 13.3 Å². The Bertz CT molecular complexity index is 340. The molecule has 0 saturated heterocycles. The molecule has 1 aromatic heterocycles. The molecule has 2 amide bonds. The lowest BCUT2D eigenvalue weighted by Crippen LogP contribution is -2.30. The zero-order valence-corrected chi connectivity index (χ0v) is 10.5. The molecule has 1 heterocycles. The molecular weight excluding hydrogens is 274 g/mol. The number of aliphatic hydroxyl groups is 1. The number of halogens is 1. The topological polar surface area (TPSA) is 74.2 Å². The molecule has 0 radical (unpaired) electrons. The van der Waals surface area contributed by atoms with E-state index in [1.807, 2.05) is 0 Å². The molecule has 0 spiro atoms. The van der Waals surface area contributed by atoms with Crippen LogP contribution in [0.3, 0.4) is 0 Å². The highest BCUT2D eigenvalue weighted by Gasteiger charge is 2.02. The average Bonchev–Trinajstić information content (AvgIpc) is 2.21. The predicted octanol–water partition coefficient (Wildman–Crippen LogP) is 1.74. The maximum atomic E-state index is 11.3. The fourth-order valence-electron chi connectivity index (χ4n) is 1.02. The number of aliphatic hydroxyl groups excluding tert-OH is 1. The van der Waals surface area contributed by atoms with Crippen LogP contribution in [0.4, 0.5) is 10.5 Å². The Morgan fingerprint density at radius 1 is 1.62 bits per heavy atom. The molecule has 1 atom stereocenters. The van der Waals surface area contributed by atoms with E-state index < -0.39 is 6.10 Å². The van der Waals surface area contributed by atoms with Crippen molar-refractivity contribution in [2.24, 2.45) is 0 Å². The third-order valence-corrected chi connectivity index (χ3v) is 2.30. The minimum Gasteiger partial charge on any atom is -0.393 e. The molecule has 1 unspecified atom stereocenters. The molecule has 0 aliphatic heterocycles. The average molecular weight is 288 g/mol. The van der Waals surface area contributed by atoms with Gasteiger partial charge in [0.1, 0.15) is 4.60 Å². The van der Waals surface area contributed by atoms with Crippen LogP contribution in [0.25, 0.3) is 0 Å². The largest absolute Gasteiger partial charge is 0.393 e. The third kappa shape index (κ3) is 5.09. The van der Waals surface area contributed by atoms with E-state index in [1.165, 1.54) is 0 Å². The number of carbonyl (C=O) groups excluding carboxylic acids is 1. The minimum atomic E-state index is -0.408. The first-order valence-corrected chi connectivity index (χ1v) is 5.71. The third-order valence-electron chi connectivity index (χ3n) is 1.83. The van der Waals surface area contributed by atoms with Gasteiger partial charge in [0, 0.05) is 6.54 Å². The number of amides is 2. The van der Waals surface area contributed by atoms with Crippen molar-refractivity contribution < 1.29 is 9.90 Å². The van der Waals surface area contributed by atoms with Crippen LogP contribution < -0.4 is 10.6 Å². The highest BCUT2D eigenvalue weighted by molar-refractivity contribution is 9.10. The van der Waals surface area contributed by atoms with E-state index >= 15 is 0 Å². The summed E-state index contributed by atoms with van der Waals surface area (Å²) in [6.45, 7) is 2.12. The van der Waals surface area contributed by atoms with Crippen molar-refractivity contribution in [2.45, 2.75) is 19.4 Å². The van der Waals surface area contributed by atoms with E-state index in [9.17, 15) is 4.79 Å². The predicted molar refractivity (Wildman–Crippen MR) is 65.3 cm³/mol. The van der Waals surface area contributed by atoms with Crippen molar-refractivity contribution in [1.82, 2.24) is 10.3 Å². The maximum absolute atomic E-state index is 11.3. The van der Waals surface area contributed by atoms with Crippen molar-refractivity contribution in [1.29, 1.82) is 0 Å². The summed E-state index contributed by atoms with van der Waals surface area (Å²) in [5.74, 6) is 0. The quantitative estimate of drug-likeness (QED) is 0.739. The Hall–Kier alpha value is -1.14. The number of hydrogen-bond acceptors (Lipinski definition) is 3. The summed E-state index contributed by atoms with van der Waals surface area (Å²) < 4.78 is 0.715. The Balaban J connectivity index is 2.31. The highest BCUT2D eigenvalue weighted by atomic mass is 79.9. The van der Waals surface area contributed by atoms with Crippen LogP contribution in [0.5, 0.6) is 0 Å². The van der Waals surface area contributed by atoms with Gasteiger partial charge >= 0.3 is 6.03 Å². The van der Waals surface area contributed by atoms with Gasteiger partial charge in [0.2, 0.25) is 0 Å². The number of hydrogen-bond donors (Lipinski definition) is 3. The number of urea groups is 1. The van der Waals surface area contributed by atoms with Crippen LogP contribution >= 0.6 is 15.9 Å². The van der Waals surface area contributed by atoms with E-state index in [4.69, 9.17) is 5.11 Å². The van der Waals surface area contributed by atoms with E-state index in [1.54, 1.807) is 25.3 Å². The second-order valence-electron chi connectivity index (χ2n) is 3.39. The molecule has 0 bridgehead atoms. The molecule has 88 valence electrons. The van der Waals surface area contributed by atoms with Crippen molar-refractivity contribution in [3.8, 4) is 0 Å². The molecule has 0 aliphatic carbocycles. The van der Waals surface area contributed by atoms with Crippen LogP contribution in [0, 0.1) is 0 Å². The first-order chi connectivity index (χ1) is 7.58. The van der Waals surface area contributed by atoms with Gasteiger partial charge in [-0.05, 0) is 41.4 Å². The van der Waals surface area contributed by atoms with Gasteiger partial charge in [-0.3, -0.25) is 0 Å². The van der Waals surface area contributed by atoms with Gasteiger partial charge in [-0.15, -0.1) is 0 Å². The SMILES string of the molecule is CC(O)CCNC(=O)Nc1ccc(Br)nc1. The number of nitrogens with zero attached hydrogens (tertiary/aromatic N) is 1. The minimum absolute atomic E-state index is 0.301. The molecule has 6 heteroatoms. The zero-order chi connectivity index (χ0) is 12.0. The van der Waals surface area contributed by atoms with Crippen LogP contribution in [0.15, 0.2) is 22.9 Å². The smallest absolute Gasteiger partial charge is 0.319 e. The maximum Gasteiger partial charge on any atom is 0.319 e. The van der Waals surface area contributed by atoms with E-state index in [-0.39, 0.29) is 6.03 Å². The summed E-state index contributed by atoms with van der Waals surface area (Å²) >= 11 is 3.20. The van der Waals surface area contributed by atoms with Crippen LogP contribution in [-0.4, -0.2) is 28.8 Å². The number of aromatic nitrogens is 1. The standard InChI is InChI=1S/C10H14BrN3O2/c1-7(15)4-5-12-10(16)14-8-2-3-9(11)13-6-8/h2-3,6-7,15H,4-5H2,1H3,(H2,12,14,16). The monoisotopic (exact) mass is 287 g/mol. The van der Waals surface area contributed by atoms with E-state index in [0.717, 1.165) is 0 Å². The van der Waals surface area contributed by atoms with Crippen molar-refractivity contribution in [2.75, 3.05) is 11.9 Å². The second kappa shape index (κ2) is 6.44. The molecular formula is C10H14BrN3O2. The fraction of sp³-hybridized carbons (Fsp3) is 0.400. The van der Waals surface area contributed by atoms with Gasteiger partial charge in [-0.2, -0.15) is 0 Å². The Morgan fingerprint density at radius 3 is 2.94 bits per heavy atom. The molecule has 1 aromatic rings. The van der Waals surface area contributed by atoms with Crippen LogP contribution in [-0.2, 0) is 0 Å². The summed E-state index contributed by atoms with van der Waals surface area (Å²) in [4.78, 5) is 15.3. The number of anilines is 1. The number of rotatable bonds is 4. The summed E-state index contributed by atoms with van der Waals surface area (Å²) in [7, 11) is 0. The van der Waals surface area contributed by atoms with Gasteiger partial charge in [0.05, 0.1) is 18.0 Å². The van der Waals surface area contributed by atoms with Crippen molar-refractivity contribution >= 4 is 27.6 Å². The molecule has 5 nitrogen and oxygen atoms in total. The first kappa shape index (κ1) is 12.9. The Kier molecular flexibility index (Phi) is 5.21. The lowest BCUT2D eigenvalue weighted by atomic mass is 10.3. The molecule has 0 aliphatic rings. The lowest BCUT2D eigenvalue weighted by molar-refractivity contribution is 0.184. The highest BCUT2D eigenvalue weighted by Crippen LogP contribution is 2.09. The molecule has 16 heavy (non-hydrogen) atoms. The molecule has 0 fully saturated rings. The van der Waals surface area contributed by atoms with E-state index in [0.29, 0.717) is 23.3 Å². The zero-order valence-electron chi connectivity index (χ0n) is 8.90. The van der Waals surface area contributed by atoms with Crippen molar-refractivity contribution in [3.05, 3.63) is 22.9 Å². The molecule has 1 rings (SSSR count). The number of pyridine rings is 1. The first-order valence-electron chi connectivity index (χ1n) is 4.92. The summed E-state index contributed by atoms with van der Waals surface area (Å²) in [5.41, 5.74) is 0.623. The summed E-state index contributed by atoms with van der Waals surface area (Å²) in [6, 6.07) is 3.18. The normalized spacial score (nSPS) is 11.9. The van der Waals surface area contributed by atoms with Crippen LogP contribution in [0.2, 0.25) is 0 Å². The number of nitrogens with one attached hydrogen (secondary N) is 2. The molecule has 0 saturated carbocycles. The van der Waals surface area contributed by atoms with Crippen molar-refractivity contribution in [3.63, 3.8) is 0 Å². The molecule has 3 N–H and O–H groups in total. The van der Waals surface area contributed by atoms with Gasteiger partial charge in [0.15, 0.2) is 0 Å². The Morgan fingerprint density at radius 2 is 2.38 bits per heavy atom. The van der Waals surface area contributed by atoms with E-state index in [2.05, 4.69) is 31.5 Å². The lowest BCUT2D eigenvalue weighted by Gasteiger charge is -2.08.